The van der Waals surface area contributed by atoms with E-state index in [0.29, 0.717) is 17.0 Å². The summed E-state index contributed by atoms with van der Waals surface area (Å²) in [4.78, 5) is 16.8. The first kappa shape index (κ1) is 14.3. The molecule has 112 valence electrons. The van der Waals surface area contributed by atoms with Crippen LogP contribution in [0.1, 0.15) is 34.7 Å². The SMILES string of the molecule is Cc1nc2ccc(F)cn2c1C(=O)NC(C)c1ccccc1. The van der Waals surface area contributed by atoms with Crippen molar-refractivity contribution in [3.05, 3.63) is 71.4 Å². The van der Waals surface area contributed by atoms with Crippen molar-refractivity contribution >= 4 is 11.6 Å². The zero-order valence-electron chi connectivity index (χ0n) is 12.4. The fourth-order valence-corrected chi connectivity index (χ4v) is 2.50. The Morgan fingerprint density at radius 1 is 1.23 bits per heavy atom. The van der Waals surface area contributed by atoms with E-state index in [4.69, 9.17) is 0 Å². The summed E-state index contributed by atoms with van der Waals surface area (Å²) < 4.78 is 14.9. The van der Waals surface area contributed by atoms with Gasteiger partial charge in [-0.05, 0) is 31.5 Å². The van der Waals surface area contributed by atoms with Gasteiger partial charge < -0.3 is 5.32 Å². The molecule has 0 spiro atoms. The van der Waals surface area contributed by atoms with Crippen LogP contribution in [0.3, 0.4) is 0 Å². The van der Waals surface area contributed by atoms with Gasteiger partial charge in [0.2, 0.25) is 0 Å². The first-order chi connectivity index (χ1) is 10.6. The second kappa shape index (κ2) is 5.60. The summed E-state index contributed by atoms with van der Waals surface area (Å²) in [6.45, 7) is 3.65. The summed E-state index contributed by atoms with van der Waals surface area (Å²) in [5.41, 5.74) is 2.49. The van der Waals surface area contributed by atoms with Gasteiger partial charge in [0.1, 0.15) is 17.2 Å². The number of fused-ring (bicyclic) bond motifs is 1. The number of nitrogens with one attached hydrogen (secondary N) is 1. The smallest absolute Gasteiger partial charge is 0.270 e. The lowest BCUT2D eigenvalue weighted by Gasteiger charge is -2.14. The Morgan fingerprint density at radius 2 is 1.95 bits per heavy atom. The number of benzene rings is 1. The van der Waals surface area contributed by atoms with E-state index in [2.05, 4.69) is 10.3 Å². The Labute approximate surface area is 127 Å². The number of hydrogen-bond donors (Lipinski definition) is 1. The molecule has 0 saturated carbocycles. The zero-order valence-corrected chi connectivity index (χ0v) is 12.4. The molecule has 1 unspecified atom stereocenters. The lowest BCUT2D eigenvalue weighted by atomic mass is 10.1. The van der Waals surface area contributed by atoms with Gasteiger partial charge in [0.15, 0.2) is 0 Å². The summed E-state index contributed by atoms with van der Waals surface area (Å²) in [5, 5.41) is 2.93. The Morgan fingerprint density at radius 3 is 2.68 bits per heavy atom. The molecule has 0 aliphatic carbocycles. The molecule has 4 nitrogen and oxygen atoms in total. The van der Waals surface area contributed by atoms with Gasteiger partial charge in [0.05, 0.1) is 11.7 Å². The van der Waals surface area contributed by atoms with Crippen molar-refractivity contribution in [2.45, 2.75) is 19.9 Å². The molecule has 1 N–H and O–H groups in total. The van der Waals surface area contributed by atoms with Crippen LogP contribution in [-0.4, -0.2) is 15.3 Å². The van der Waals surface area contributed by atoms with Gasteiger partial charge in [-0.1, -0.05) is 30.3 Å². The van der Waals surface area contributed by atoms with Crippen LogP contribution in [0.25, 0.3) is 5.65 Å². The third kappa shape index (κ3) is 2.57. The van der Waals surface area contributed by atoms with Crippen molar-refractivity contribution in [2.24, 2.45) is 0 Å². The lowest BCUT2D eigenvalue weighted by molar-refractivity contribution is 0.0933. The predicted molar refractivity (Wildman–Crippen MR) is 82.2 cm³/mol. The third-order valence-corrected chi connectivity index (χ3v) is 3.62. The van der Waals surface area contributed by atoms with Crippen molar-refractivity contribution in [1.29, 1.82) is 0 Å². The maximum absolute atomic E-state index is 13.4. The maximum Gasteiger partial charge on any atom is 0.270 e. The third-order valence-electron chi connectivity index (χ3n) is 3.62. The number of imidazole rings is 1. The Kier molecular flexibility index (Phi) is 3.63. The summed E-state index contributed by atoms with van der Waals surface area (Å²) in [7, 11) is 0. The van der Waals surface area contributed by atoms with Crippen LogP contribution in [0.2, 0.25) is 0 Å². The summed E-state index contributed by atoms with van der Waals surface area (Å²) in [6, 6.07) is 12.4. The molecule has 0 aliphatic heterocycles. The normalized spacial score (nSPS) is 12.3. The molecular formula is C17H16FN3O. The van der Waals surface area contributed by atoms with Gasteiger partial charge in [-0.25, -0.2) is 9.37 Å². The molecule has 1 atom stereocenters. The molecule has 0 bridgehead atoms. The van der Waals surface area contributed by atoms with Crippen molar-refractivity contribution < 1.29 is 9.18 Å². The van der Waals surface area contributed by atoms with E-state index >= 15 is 0 Å². The lowest BCUT2D eigenvalue weighted by Crippen LogP contribution is -2.28. The number of carbonyl (C=O) groups is 1. The van der Waals surface area contributed by atoms with Crippen molar-refractivity contribution in [1.82, 2.24) is 14.7 Å². The second-order valence-corrected chi connectivity index (χ2v) is 5.23. The van der Waals surface area contributed by atoms with Crippen LogP contribution in [-0.2, 0) is 0 Å². The van der Waals surface area contributed by atoms with Crippen LogP contribution < -0.4 is 5.32 Å². The minimum atomic E-state index is -0.407. The minimum absolute atomic E-state index is 0.146. The van der Waals surface area contributed by atoms with E-state index in [0.717, 1.165) is 5.56 Å². The molecule has 5 heteroatoms. The Bertz CT molecular complexity index is 827. The van der Waals surface area contributed by atoms with Crippen molar-refractivity contribution in [3.8, 4) is 0 Å². The highest BCUT2D eigenvalue weighted by Gasteiger charge is 2.19. The molecule has 1 amide bonds. The highest BCUT2D eigenvalue weighted by Crippen LogP contribution is 2.16. The largest absolute Gasteiger partial charge is 0.344 e. The number of aryl methyl sites for hydroxylation is 1. The summed E-state index contributed by atoms with van der Waals surface area (Å²) >= 11 is 0. The molecule has 3 aromatic rings. The molecule has 0 fully saturated rings. The number of pyridine rings is 1. The number of amides is 1. The Hall–Kier alpha value is -2.69. The fraction of sp³-hybridized carbons (Fsp3) is 0.176. The number of carbonyl (C=O) groups excluding carboxylic acids is 1. The van der Waals surface area contributed by atoms with Crippen LogP contribution in [0.15, 0.2) is 48.7 Å². The highest BCUT2D eigenvalue weighted by atomic mass is 19.1. The highest BCUT2D eigenvalue weighted by molar-refractivity contribution is 5.94. The van der Waals surface area contributed by atoms with Gasteiger partial charge in [0, 0.05) is 6.20 Å². The number of hydrogen-bond acceptors (Lipinski definition) is 2. The standard InChI is InChI=1S/C17H16FN3O/c1-11(13-6-4-3-5-7-13)20-17(22)16-12(2)19-15-9-8-14(18)10-21(15)16/h3-11H,1-2H3,(H,20,22). The van der Waals surface area contributed by atoms with Gasteiger partial charge in [-0.15, -0.1) is 0 Å². The number of nitrogens with zero attached hydrogens (tertiary/aromatic N) is 2. The number of aromatic nitrogens is 2. The minimum Gasteiger partial charge on any atom is -0.344 e. The van der Waals surface area contributed by atoms with Crippen LogP contribution in [0, 0.1) is 12.7 Å². The molecule has 2 aromatic heterocycles. The summed E-state index contributed by atoms with van der Waals surface area (Å²) in [5.74, 6) is -0.679. The van der Waals surface area contributed by atoms with E-state index in [1.807, 2.05) is 37.3 Å². The van der Waals surface area contributed by atoms with E-state index in [1.54, 1.807) is 13.0 Å². The zero-order chi connectivity index (χ0) is 15.7. The molecule has 22 heavy (non-hydrogen) atoms. The number of rotatable bonds is 3. The molecule has 0 radical (unpaired) electrons. The van der Waals surface area contributed by atoms with Gasteiger partial charge in [-0.3, -0.25) is 9.20 Å². The van der Waals surface area contributed by atoms with E-state index in [1.165, 1.54) is 16.7 Å². The first-order valence-corrected chi connectivity index (χ1v) is 7.06. The van der Waals surface area contributed by atoms with Gasteiger partial charge in [-0.2, -0.15) is 0 Å². The Balaban J connectivity index is 1.92. The van der Waals surface area contributed by atoms with Crippen LogP contribution >= 0.6 is 0 Å². The fourth-order valence-electron chi connectivity index (χ4n) is 2.50. The number of halogens is 1. The topological polar surface area (TPSA) is 46.4 Å². The molecule has 1 aromatic carbocycles. The van der Waals surface area contributed by atoms with Crippen LogP contribution in [0.5, 0.6) is 0 Å². The van der Waals surface area contributed by atoms with Gasteiger partial charge >= 0.3 is 0 Å². The molecule has 0 saturated heterocycles. The van der Waals surface area contributed by atoms with E-state index in [9.17, 15) is 9.18 Å². The average Bonchev–Trinajstić information content (AvgIpc) is 2.83. The second-order valence-electron chi connectivity index (χ2n) is 5.23. The molecule has 0 aliphatic rings. The average molecular weight is 297 g/mol. The van der Waals surface area contributed by atoms with Crippen molar-refractivity contribution in [3.63, 3.8) is 0 Å². The van der Waals surface area contributed by atoms with Crippen LogP contribution in [0.4, 0.5) is 4.39 Å². The van der Waals surface area contributed by atoms with Crippen molar-refractivity contribution in [2.75, 3.05) is 0 Å². The molecular weight excluding hydrogens is 281 g/mol. The monoisotopic (exact) mass is 297 g/mol. The van der Waals surface area contributed by atoms with E-state index < -0.39 is 5.82 Å². The summed E-state index contributed by atoms with van der Waals surface area (Å²) in [6.07, 6.45) is 1.28. The van der Waals surface area contributed by atoms with Gasteiger partial charge in [0.25, 0.3) is 5.91 Å². The van der Waals surface area contributed by atoms with E-state index in [-0.39, 0.29) is 11.9 Å². The molecule has 2 heterocycles. The quantitative estimate of drug-likeness (QED) is 0.806. The maximum atomic E-state index is 13.4. The first-order valence-electron chi connectivity index (χ1n) is 7.06. The molecule has 3 rings (SSSR count). The predicted octanol–water partition coefficient (Wildman–Crippen LogP) is 3.27.